The van der Waals surface area contributed by atoms with E-state index in [0.29, 0.717) is 49.7 Å². The number of likely N-dealkylation sites (tertiary alicyclic amines) is 1. The van der Waals surface area contributed by atoms with Gasteiger partial charge in [0.1, 0.15) is 78.3 Å². The Morgan fingerprint density at radius 3 is 1.33 bits per heavy atom. The molecule has 44 nitrogen and oxygen atoms in total. The maximum atomic E-state index is 14.3. The summed E-state index contributed by atoms with van der Waals surface area (Å²) in [4.78, 5) is 243. The molecule has 2 rings (SSSR count). The molecule has 0 bridgehead atoms. The predicted octanol–water partition coefficient (Wildman–Crippen LogP) is -8.69. The number of aliphatic carboxylic acids is 2. The number of phenolic OH excluding ortho intramolecular Hbond substituents is 1. The standard InChI is InChI=1S/C75H123N21O23S6.Tc/c1-38(2)28-46(86-63(106)45(17-20-60(102)103)85-68(111)52(35-123)91-67(110)49(32-120)83-58(100)19-18-57(99)77-21-25-95(26-22-79-74(7,8)41(5)93-118)27-23-80-75(9,10)42(6)94-119)64(107)90-54(37-125)70(113)92-53(36-124)69(112)87-47(30-56(76)98)72(115)96-24-11-12-55(96)71(114)82-40(4)62(105)89-51(34-122)65(108)81-39(3)61(104)78-31-59(101)84-50(33-121)66(109)88-48(73(116)117)29-43-13-15-44(97)16-14-43;/h13-16,38-40,45-55,79-80,97,118-125H,11-12,17-37H2,1-10H3,(H2,76,98)(H,77,99)(H,78,104)(H,81,108)(H,82,114)(H,83,100)(H,84,101)(H,85,111)(H,86,106)(H,87,112)(H,88,109)(H,89,105)(H,90,107)(H,91,110)(H,92,113)(H,102,103)(H,116,117);/p-2/b93-41-,94-42+;/t39-,40-,45-,46-,47-,48-,49-,50-,51-,52-,53-,54-,55-;/m0./s1/i;1+1. The van der Waals surface area contributed by atoms with Gasteiger partial charge in [-0.2, -0.15) is 75.8 Å². The van der Waals surface area contributed by atoms with Gasteiger partial charge in [-0.1, -0.05) is 36.3 Å². The first-order valence-electron chi connectivity index (χ1n) is 39.9. The fourth-order valence-corrected chi connectivity index (χ4v) is 13.3. The number of hydrogen-bond donors (Lipinski definition) is 26. The smallest absolute Gasteiger partial charge is 0.246 e. The number of benzene rings is 1. The molecule has 1 heterocycles. The Morgan fingerprint density at radius 2 is 0.881 bits per heavy atom. The molecule has 1 aliphatic heterocycles. The number of hydrogen-bond acceptors (Lipinski definition) is 34. The minimum atomic E-state index is -1.78. The Balaban J connectivity index is 0.0000794. The van der Waals surface area contributed by atoms with Gasteiger partial charge in [-0.25, -0.2) is 0 Å². The molecular weight excluding hydrogens is 1850 g/mol. The van der Waals surface area contributed by atoms with Crippen LogP contribution < -0.4 is 101 Å². The number of carbonyl (C=O) groups excluding carboxylic acids is 18. The third kappa shape index (κ3) is 41.4. The number of phenols is 1. The number of nitrogens with zero attached hydrogens (tertiary/aromatic N) is 4. The summed E-state index contributed by atoms with van der Waals surface area (Å²) in [5, 5.41) is 98.7. The Kier molecular flexibility index (Phi) is 53.4. The van der Waals surface area contributed by atoms with Crippen molar-refractivity contribution >= 4 is 194 Å². The van der Waals surface area contributed by atoms with Gasteiger partial charge in [0.25, 0.3) is 0 Å². The number of nitrogens with one attached hydrogen (secondary N) is 16. The van der Waals surface area contributed by atoms with Crippen LogP contribution in [-0.2, 0) is 113 Å². The zero-order valence-corrected chi connectivity index (χ0v) is 78.8. The van der Waals surface area contributed by atoms with Crippen LogP contribution in [0.4, 0.5) is 0 Å². The van der Waals surface area contributed by atoms with Crippen molar-refractivity contribution in [2.45, 2.75) is 217 Å². The van der Waals surface area contributed by atoms with E-state index < -0.39 is 239 Å². The molecule has 13 atom stereocenters. The van der Waals surface area contributed by atoms with Crippen LogP contribution in [0, 0.1) is 5.92 Å². The first-order chi connectivity index (χ1) is 58.7. The summed E-state index contributed by atoms with van der Waals surface area (Å²) in [6, 6.07) is -14.2. The number of rotatable bonds is 58. The van der Waals surface area contributed by atoms with E-state index in [1.165, 1.54) is 38.1 Å². The van der Waals surface area contributed by atoms with Crippen LogP contribution in [0.15, 0.2) is 34.6 Å². The largest absolute Gasteiger partial charge is 0.550 e. The van der Waals surface area contributed by atoms with Crippen molar-refractivity contribution in [1.29, 1.82) is 0 Å². The van der Waals surface area contributed by atoms with E-state index in [0.717, 1.165) is 4.90 Å². The van der Waals surface area contributed by atoms with E-state index in [-0.39, 0.29) is 101 Å². The zero-order valence-electron chi connectivity index (χ0n) is 71.6. The quantitative estimate of drug-likeness (QED) is 0.0125. The van der Waals surface area contributed by atoms with Crippen LogP contribution in [0.2, 0.25) is 0 Å². The molecule has 1 aromatic rings. The molecule has 1 radical (unpaired) electrons. The van der Waals surface area contributed by atoms with E-state index in [1.54, 1.807) is 27.7 Å². The number of carboxylic acid groups (broad SMARTS) is 2. The number of thiol groups is 6. The summed E-state index contributed by atoms with van der Waals surface area (Å²) in [5.74, 6) is -21.3. The van der Waals surface area contributed by atoms with E-state index in [4.69, 9.17) is 5.73 Å². The molecule has 51 heteroatoms. The Bertz CT molecular complexity index is 3920. The number of aromatic hydroxyl groups is 1. The molecule has 16 amide bonds. The topological polar surface area (TPSA) is 664 Å². The second-order valence-electron chi connectivity index (χ2n) is 30.8. The number of oxime groups is 2. The fourth-order valence-electron chi connectivity index (χ4n) is 11.7. The van der Waals surface area contributed by atoms with Crippen LogP contribution in [0.3, 0.4) is 0 Å². The van der Waals surface area contributed by atoms with Crippen molar-refractivity contribution < 1.29 is 132 Å². The molecule has 0 unspecified atom stereocenters. The molecule has 1 saturated heterocycles. The fraction of sp³-hybridized carbons (Fsp3) is 0.653. The van der Waals surface area contributed by atoms with Crippen LogP contribution in [-0.4, -0.2) is 320 Å². The minimum absolute atomic E-state index is 0. The Labute approximate surface area is 776 Å². The molecule has 0 aliphatic carbocycles. The molecule has 1 aliphatic rings. The number of amides is 16. The van der Waals surface area contributed by atoms with E-state index in [9.17, 15) is 112 Å². The monoisotopic (exact) mass is 1970 g/mol. The third-order valence-electron chi connectivity index (χ3n) is 19.7. The molecule has 709 valence electrons. The third-order valence-corrected chi connectivity index (χ3v) is 21.9. The van der Waals surface area contributed by atoms with Crippen molar-refractivity contribution in [2.75, 3.05) is 86.9 Å². The van der Waals surface area contributed by atoms with Crippen LogP contribution in [0.25, 0.3) is 0 Å². The predicted molar refractivity (Wildman–Crippen MR) is 472 cm³/mol. The number of carboxylic acids is 2. The molecule has 0 saturated carbocycles. The van der Waals surface area contributed by atoms with Gasteiger partial charge in [0.05, 0.1) is 47.5 Å². The van der Waals surface area contributed by atoms with Crippen molar-refractivity contribution in [2.24, 2.45) is 22.0 Å². The van der Waals surface area contributed by atoms with Gasteiger partial charge in [-0.3, -0.25) is 81.6 Å². The average Bonchev–Trinajstić information content (AvgIpc) is 1.53. The molecule has 126 heavy (non-hydrogen) atoms. The summed E-state index contributed by atoms with van der Waals surface area (Å²) in [7, 11) is 0. The molecule has 0 aromatic heterocycles. The van der Waals surface area contributed by atoms with Gasteiger partial charge in [-0.15, -0.1) is 0 Å². The Hall–Kier alpha value is -8.95. The van der Waals surface area contributed by atoms with Crippen LogP contribution in [0.1, 0.15) is 126 Å². The normalized spacial score (nSPS) is 15.7. The summed E-state index contributed by atoms with van der Waals surface area (Å²) in [5.41, 5.74) is 5.64. The van der Waals surface area contributed by atoms with Crippen molar-refractivity contribution in [1.82, 2.24) is 94.9 Å². The van der Waals surface area contributed by atoms with Crippen molar-refractivity contribution in [3.05, 3.63) is 29.8 Å². The summed E-state index contributed by atoms with van der Waals surface area (Å²) in [6.07, 6.45) is -3.11. The van der Waals surface area contributed by atoms with E-state index >= 15 is 0 Å². The summed E-state index contributed by atoms with van der Waals surface area (Å²) < 4.78 is 0. The first kappa shape index (κ1) is 115. The summed E-state index contributed by atoms with van der Waals surface area (Å²) in [6.45, 7) is 18.2. The second-order valence-corrected chi connectivity index (χ2v) is 33.0. The number of primary amides is 1. The molecular formula is C75H121N21O23S6Tc-2. The number of nitrogens with two attached hydrogens (primary N) is 1. The van der Waals surface area contributed by atoms with Crippen molar-refractivity contribution in [3.8, 4) is 5.75 Å². The van der Waals surface area contributed by atoms with Crippen LogP contribution in [0.5, 0.6) is 5.75 Å². The number of carbonyl (C=O) groups is 18. The van der Waals surface area contributed by atoms with Gasteiger partial charge >= 0.3 is 0 Å². The van der Waals surface area contributed by atoms with Gasteiger partial charge in [0, 0.05) is 119 Å². The van der Waals surface area contributed by atoms with Gasteiger partial charge in [0.2, 0.25) is 94.5 Å². The molecule has 1 fully saturated rings. The van der Waals surface area contributed by atoms with Gasteiger partial charge < -0.3 is 131 Å². The maximum absolute atomic E-state index is 14.3. The SMILES string of the molecule is C/C(=N/O)C(C)(C)NCCN(CCNC(=O)CCC(=O)N[C@@H](CS)C(=O)N[C@@H](CS)C(=O)N[C@@H](CCC(=O)[O-])C(=O)N[C@@H](CC(C)C)C(=O)N[C@@H](CS)C(=O)N[C@@H](CS)C(=O)N[C@@H](CC(N)=O)C(=O)N1CCC[C@H]1C(=O)N[C@@H](C)C(=O)N[C@@H](CS)C(=O)N[C@@H](C)C(=O)NCC(=O)N[C@@H](CS)C(=O)N[C@@H](Cc1ccc(O)cc1)C(=O)[O-])CCNC(C)(C)/C(C)=N/O.[99Tc]. The average molecular weight is 1980 g/mol. The van der Waals surface area contributed by atoms with Crippen molar-refractivity contribution in [3.63, 3.8) is 0 Å². The molecule has 21 N–H and O–H groups in total. The summed E-state index contributed by atoms with van der Waals surface area (Å²) >= 11 is 25.0. The molecule has 0 spiro atoms. The van der Waals surface area contributed by atoms with Gasteiger partial charge in [0.15, 0.2) is 0 Å². The zero-order chi connectivity index (χ0) is 94.8. The van der Waals surface area contributed by atoms with Crippen LogP contribution >= 0.6 is 75.8 Å². The van der Waals surface area contributed by atoms with E-state index in [1.807, 2.05) is 27.7 Å². The first-order valence-corrected chi connectivity index (χ1v) is 43.7. The Morgan fingerprint density at radius 1 is 0.492 bits per heavy atom. The minimum Gasteiger partial charge on any atom is -0.550 e. The second kappa shape index (κ2) is 58.5. The molecule has 1 aromatic carbocycles. The maximum Gasteiger partial charge on any atom is 0.246 e. The van der Waals surface area contributed by atoms with Gasteiger partial charge in [-0.05, 0) is 118 Å². The van der Waals surface area contributed by atoms with E-state index in [2.05, 4.69) is 176 Å².